The minimum absolute atomic E-state index is 0.0165. The van der Waals surface area contributed by atoms with Gasteiger partial charge in [0.15, 0.2) is 0 Å². The third-order valence-corrected chi connectivity index (χ3v) is 1.74. The Kier molecular flexibility index (Phi) is 6.26. The lowest BCUT2D eigenvalue weighted by Gasteiger charge is -2.22. The molecule has 0 aliphatic carbocycles. The second-order valence-corrected chi connectivity index (χ2v) is 3.24. The van der Waals surface area contributed by atoms with Crippen LogP contribution < -0.4 is 5.73 Å². The lowest BCUT2D eigenvalue weighted by Crippen LogP contribution is -2.37. The van der Waals surface area contributed by atoms with Gasteiger partial charge in [-0.05, 0) is 13.0 Å². The minimum Gasteiger partial charge on any atom is -0.395 e. The smallest absolute Gasteiger partial charge is 0.395 e. The van der Waals surface area contributed by atoms with Gasteiger partial charge in [-0.15, -0.1) is 0 Å². The summed E-state index contributed by atoms with van der Waals surface area (Å²) in [5.74, 6) is -0.0362. The number of aliphatic hydroxyl groups excluding tert-OH is 1. The van der Waals surface area contributed by atoms with Crippen molar-refractivity contribution in [3.8, 4) is 0 Å². The number of halogens is 3. The number of amidine groups is 1. The Balaban J connectivity index is 3.88. The predicted octanol–water partition coefficient (Wildman–Crippen LogP) is 0.559. The maximum Gasteiger partial charge on any atom is 0.401 e. The quantitative estimate of drug-likeness (QED) is 0.439. The van der Waals surface area contributed by atoms with Gasteiger partial charge < -0.3 is 10.8 Å². The van der Waals surface area contributed by atoms with Crippen LogP contribution in [0.1, 0.15) is 12.8 Å². The Labute approximate surface area is 86.4 Å². The zero-order valence-electron chi connectivity index (χ0n) is 8.35. The summed E-state index contributed by atoms with van der Waals surface area (Å²) in [5, 5.41) is 15.5. The van der Waals surface area contributed by atoms with Gasteiger partial charge in [-0.25, -0.2) is 0 Å². The van der Waals surface area contributed by atoms with Crippen LogP contribution >= 0.6 is 0 Å². The summed E-state index contributed by atoms with van der Waals surface area (Å²) in [6.07, 6.45) is -3.59. The topological polar surface area (TPSA) is 73.3 Å². The van der Waals surface area contributed by atoms with Gasteiger partial charge in [-0.2, -0.15) is 13.2 Å². The molecule has 0 saturated carbocycles. The lowest BCUT2D eigenvalue weighted by atomic mass is 10.2. The Morgan fingerprint density at radius 2 is 1.93 bits per heavy atom. The first kappa shape index (κ1) is 14.2. The van der Waals surface area contributed by atoms with E-state index in [9.17, 15) is 13.2 Å². The molecule has 7 heteroatoms. The highest BCUT2D eigenvalue weighted by atomic mass is 19.4. The number of rotatable bonds is 7. The fraction of sp³-hybridized carbons (Fsp3) is 0.875. The molecule has 4 nitrogen and oxygen atoms in total. The van der Waals surface area contributed by atoms with Crippen LogP contribution in [0.15, 0.2) is 0 Å². The summed E-state index contributed by atoms with van der Waals surface area (Å²) in [4.78, 5) is 1.10. The summed E-state index contributed by atoms with van der Waals surface area (Å²) in [6, 6.07) is 0. The van der Waals surface area contributed by atoms with E-state index >= 15 is 0 Å². The lowest BCUT2D eigenvalue weighted by molar-refractivity contribution is -0.146. The van der Waals surface area contributed by atoms with Crippen LogP contribution in [0.2, 0.25) is 0 Å². The summed E-state index contributed by atoms with van der Waals surface area (Å²) in [5.41, 5.74) is 5.07. The maximum absolute atomic E-state index is 12.0. The molecule has 15 heavy (non-hydrogen) atoms. The molecular weight excluding hydrogens is 211 g/mol. The molecule has 0 aromatic carbocycles. The van der Waals surface area contributed by atoms with Crippen molar-refractivity contribution in [3.05, 3.63) is 0 Å². The molecule has 0 unspecified atom stereocenters. The van der Waals surface area contributed by atoms with Gasteiger partial charge in [0.25, 0.3) is 0 Å². The van der Waals surface area contributed by atoms with Crippen LogP contribution in [0.5, 0.6) is 0 Å². The molecule has 0 aromatic rings. The van der Waals surface area contributed by atoms with Gasteiger partial charge in [0.05, 0.1) is 19.0 Å². The van der Waals surface area contributed by atoms with Gasteiger partial charge in [-0.1, -0.05) is 0 Å². The molecule has 0 rings (SSSR count). The molecule has 0 heterocycles. The summed E-state index contributed by atoms with van der Waals surface area (Å²) in [6.45, 7) is -1.18. The van der Waals surface area contributed by atoms with Crippen LogP contribution in [-0.4, -0.2) is 48.3 Å². The van der Waals surface area contributed by atoms with Gasteiger partial charge in [0.2, 0.25) is 0 Å². The van der Waals surface area contributed by atoms with E-state index in [4.69, 9.17) is 16.2 Å². The van der Waals surface area contributed by atoms with Crippen molar-refractivity contribution >= 4 is 5.84 Å². The van der Waals surface area contributed by atoms with Gasteiger partial charge in [0, 0.05) is 13.0 Å². The average molecular weight is 227 g/mol. The summed E-state index contributed by atoms with van der Waals surface area (Å²) >= 11 is 0. The zero-order chi connectivity index (χ0) is 11.9. The molecule has 0 amide bonds. The van der Waals surface area contributed by atoms with Crippen LogP contribution in [0.3, 0.4) is 0 Å². The number of nitrogens with one attached hydrogen (secondary N) is 1. The summed E-state index contributed by atoms with van der Waals surface area (Å²) in [7, 11) is 0. The maximum atomic E-state index is 12.0. The van der Waals surface area contributed by atoms with Crippen molar-refractivity contribution in [2.24, 2.45) is 5.73 Å². The van der Waals surface area contributed by atoms with Gasteiger partial charge in [-0.3, -0.25) is 10.3 Å². The van der Waals surface area contributed by atoms with Crippen molar-refractivity contribution in [1.82, 2.24) is 4.90 Å². The first-order chi connectivity index (χ1) is 6.85. The third kappa shape index (κ3) is 9.48. The van der Waals surface area contributed by atoms with E-state index in [1.54, 1.807) is 0 Å². The first-order valence-electron chi connectivity index (χ1n) is 4.58. The highest BCUT2D eigenvalue weighted by Gasteiger charge is 2.30. The monoisotopic (exact) mass is 227 g/mol. The molecule has 0 spiro atoms. The molecule has 4 N–H and O–H groups in total. The second-order valence-electron chi connectivity index (χ2n) is 3.24. The van der Waals surface area contributed by atoms with Crippen LogP contribution in [0, 0.1) is 5.41 Å². The summed E-state index contributed by atoms with van der Waals surface area (Å²) < 4.78 is 36.1. The molecule has 0 radical (unpaired) electrons. The molecule has 0 aliphatic heterocycles. The van der Waals surface area contributed by atoms with Crippen LogP contribution in [-0.2, 0) is 0 Å². The zero-order valence-corrected chi connectivity index (χ0v) is 8.35. The largest absolute Gasteiger partial charge is 0.401 e. The van der Waals surface area contributed by atoms with Gasteiger partial charge >= 0.3 is 6.18 Å². The molecule has 0 atom stereocenters. The SMILES string of the molecule is N=C(N)CCCN(CCO)CC(F)(F)F. The molecule has 0 bridgehead atoms. The van der Waals surface area contributed by atoms with Crippen molar-refractivity contribution in [1.29, 1.82) is 5.41 Å². The van der Waals surface area contributed by atoms with E-state index < -0.39 is 12.7 Å². The number of aliphatic hydroxyl groups is 1. The molecule has 0 saturated heterocycles. The van der Waals surface area contributed by atoms with E-state index in [0.717, 1.165) is 4.90 Å². The number of nitrogens with zero attached hydrogens (tertiary/aromatic N) is 1. The third-order valence-electron chi connectivity index (χ3n) is 1.74. The van der Waals surface area contributed by atoms with Crippen molar-refractivity contribution in [2.75, 3.05) is 26.2 Å². The number of nitrogens with two attached hydrogens (primary N) is 1. The predicted molar refractivity (Wildman–Crippen MR) is 50.7 cm³/mol. The minimum atomic E-state index is -4.26. The molecule has 90 valence electrons. The highest BCUT2D eigenvalue weighted by Crippen LogP contribution is 2.16. The molecule has 0 aromatic heterocycles. The van der Waals surface area contributed by atoms with Crippen molar-refractivity contribution in [2.45, 2.75) is 19.0 Å². The van der Waals surface area contributed by atoms with Gasteiger partial charge in [0.1, 0.15) is 0 Å². The van der Waals surface area contributed by atoms with E-state index in [1.165, 1.54) is 0 Å². The van der Waals surface area contributed by atoms with Crippen molar-refractivity contribution < 1.29 is 18.3 Å². The van der Waals surface area contributed by atoms with Crippen LogP contribution in [0.4, 0.5) is 13.2 Å². The number of alkyl halides is 3. The van der Waals surface area contributed by atoms with E-state index in [-0.39, 0.29) is 32.0 Å². The van der Waals surface area contributed by atoms with E-state index in [1.807, 2.05) is 0 Å². The second kappa shape index (κ2) is 6.62. The Morgan fingerprint density at radius 1 is 1.33 bits per heavy atom. The normalized spacial score (nSPS) is 12.1. The fourth-order valence-corrected chi connectivity index (χ4v) is 1.16. The number of hydrogen-bond donors (Lipinski definition) is 3. The highest BCUT2D eigenvalue weighted by molar-refractivity contribution is 5.76. The van der Waals surface area contributed by atoms with E-state index in [0.29, 0.717) is 6.42 Å². The van der Waals surface area contributed by atoms with Crippen LogP contribution in [0.25, 0.3) is 0 Å². The number of hydrogen-bond acceptors (Lipinski definition) is 3. The Bertz CT molecular complexity index is 196. The Morgan fingerprint density at radius 3 is 2.33 bits per heavy atom. The molecule has 0 fully saturated rings. The van der Waals surface area contributed by atoms with Crippen molar-refractivity contribution in [3.63, 3.8) is 0 Å². The standard InChI is InChI=1S/C8H16F3N3O/c9-8(10,11)6-14(4-5-15)3-1-2-7(12)13/h15H,1-6H2,(H3,12,13). The molecule has 0 aliphatic rings. The Hall–Kier alpha value is -0.820. The van der Waals surface area contributed by atoms with E-state index in [2.05, 4.69) is 0 Å². The average Bonchev–Trinajstić information content (AvgIpc) is 2.00. The molecular formula is C8H16F3N3O. The first-order valence-corrected chi connectivity index (χ1v) is 4.58. The fourth-order valence-electron chi connectivity index (χ4n) is 1.16.